The Kier molecular flexibility index (Phi) is 7.05. The standard InChI is InChI=1S/C22H32F3N3O3/c1-16-14-26(7-8-28(16)20(29)31-21(2,3)4)15-17-5-6-18(13-19(17)22(23,24)25)27-9-11-30-12-10-27/h5-6,13,16H,7-12,14-15H2,1-4H3/t16-/m0/s1. The van der Waals surface area contributed by atoms with E-state index in [1.807, 2.05) is 37.5 Å². The van der Waals surface area contributed by atoms with E-state index in [1.54, 1.807) is 17.0 Å². The third-order valence-corrected chi connectivity index (χ3v) is 5.51. The van der Waals surface area contributed by atoms with Gasteiger partial charge in [-0.25, -0.2) is 4.79 Å². The summed E-state index contributed by atoms with van der Waals surface area (Å²) in [6.07, 6.45) is -4.81. The van der Waals surface area contributed by atoms with Crippen molar-refractivity contribution in [2.24, 2.45) is 0 Å². The number of carbonyl (C=O) groups excluding carboxylic acids is 1. The third-order valence-electron chi connectivity index (χ3n) is 5.51. The SMILES string of the molecule is C[C@H]1CN(Cc2ccc(N3CCOCC3)cc2C(F)(F)F)CCN1C(=O)OC(C)(C)C. The topological polar surface area (TPSA) is 45.2 Å². The molecule has 2 aliphatic rings. The van der Waals surface area contributed by atoms with Crippen LogP contribution in [0.4, 0.5) is 23.7 Å². The summed E-state index contributed by atoms with van der Waals surface area (Å²) in [4.78, 5) is 17.9. The van der Waals surface area contributed by atoms with E-state index in [1.165, 1.54) is 6.07 Å². The quantitative estimate of drug-likeness (QED) is 0.707. The van der Waals surface area contributed by atoms with Crippen molar-refractivity contribution in [2.45, 2.75) is 52.1 Å². The van der Waals surface area contributed by atoms with Gasteiger partial charge in [-0.15, -0.1) is 0 Å². The molecule has 2 fully saturated rings. The second kappa shape index (κ2) is 9.24. The fourth-order valence-corrected chi connectivity index (χ4v) is 3.99. The number of benzene rings is 1. The van der Waals surface area contributed by atoms with E-state index in [0.29, 0.717) is 51.6 Å². The zero-order valence-electron chi connectivity index (χ0n) is 18.7. The van der Waals surface area contributed by atoms with Crippen molar-refractivity contribution in [3.05, 3.63) is 29.3 Å². The minimum Gasteiger partial charge on any atom is -0.444 e. The number of anilines is 1. The lowest BCUT2D eigenvalue weighted by Crippen LogP contribution is -2.54. The number of ether oxygens (including phenoxy) is 2. The van der Waals surface area contributed by atoms with Crippen molar-refractivity contribution in [1.82, 2.24) is 9.80 Å². The van der Waals surface area contributed by atoms with Crippen LogP contribution in [0.3, 0.4) is 0 Å². The van der Waals surface area contributed by atoms with E-state index in [4.69, 9.17) is 9.47 Å². The Bertz CT molecular complexity index is 773. The van der Waals surface area contributed by atoms with Gasteiger partial charge >= 0.3 is 12.3 Å². The van der Waals surface area contributed by atoms with Crippen LogP contribution in [0.25, 0.3) is 0 Å². The summed E-state index contributed by atoms with van der Waals surface area (Å²) in [6.45, 7) is 11.1. The minimum absolute atomic E-state index is 0.148. The van der Waals surface area contributed by atoms with E-state index < -0.39 is 17.3 Å². The van der Waals surface area contributed by atoms with Crippen LogP contribution in [0.2, 0.25) is 0 Å². The predicted octanol–water partition coefficient (Wildman–Crippen LogP) is 3.98. The molecule has 174 valence electrons. The molecule has 0 unspecified atom stereocenters. The lowest BCUT2D eigenvalue weighted by molar-refractivity contribution is -0.138. The monoisotopic (exact) mass is 443 g/mol. The van der Waals surface area contributed by atoms with Crippen LogP contribution in [-0.4, -0.2) is 73.5 Å². The Morgan fingerprint density at radius 1 is 1.13 bits per heavy atom. The van der Waals surface area contributed by atoms with E-state index in [9.17, 15) is 18.0 Å². The van der Waals surface area contributed by atoms with Crippen molar-refractivity contribution < 1.29 is 27.4 Å². The van der Waals surface area contributed by atoms with Gasteiger partial charge in [0.05, 0.1) is 18.8 Å². The van der Waals surface area contributed by atoms with Gasteiger partial charge in [0.15, 0.2) is 0 Å². The number of carbonyl (C=O) groups is 1. The highest BCUT2D eigenvalue weighted by Crippen LogP contribution is 2.35. The largest absolute Gasteiger partial charge is 0.444 e. The molecular weight excluding hydrogens is 411 g/mol. The van der Waals surface area contributed by atoms with Crippen molar-refractivity contribution in [3.63, 3.8) is 0 Å². The van der Waals surface area contributed by atoms with Gasteiger partial charge in [-0.05, 0) is 45.4 Å². The molecule has 1 aromatic carbocycles. The third kappa shape index (κ3) is 6.26. The maximum Gasteiger partial charge on any atom is 0.416 e. The van der Waals surface area contributed by atoms with Crippen molar-refractivity contribution in [1.29, 1.82) is 0 Å². The molecule has 1 atom stereocenters. The summed E-state index contributed by atoms with van der Waals surface area (Å²) >= 11 is 0. The first-order chi connectivity index (χ1) is 14.4. The highest BCUT2D eigenvalue weighted by Gasteiger charge is 2.36. The molecule has 0 aliphatic carbocycles. The molecule has 0 spiro atoms. The van der Waals surface area contributed by atoms with Crippen molar-refractivity contribution in [3.8, 4) is 0 Å². The maximum absolute atomic E-state index is 13.8. The maximum atomic E-state index is 13.8. The highest BCUT2D eigenvalue weighted by atomic mass is 19.4. The molecule has 1 aromatic rings. The number of amides is 1. The second-order valence-electron chi connectivity index (χ2n) is 9.20. The average molecular weight is 444 g/mol. The van der Waals surface area contributed by atoms with Crippen molar-refractivity contribution in [2.75, 3.05) is 50.8 Å². The molecule has 3 rings (SSSR count). The zero-order chi connectivity index (χ0) is 22.8. The molecule has 0 aromatic heterocycles. The summed E-state index contributed by atoms with van der Waals surface area (Å²) in [7, 11) is 0. The second-order valence-corrected chi connectivity index (χ2v) is 9.20. The summed E-state index contributed by atoms with van der Waals surface area (Å²) in [6, 6.07) is 4.45. The number of hydrogen-bond acceptors (Lipinski definition) is 5. The van der Waals surface area contributed by atoms with Crippen LogP contribution >= 0.6 is 0 Å². The Hall–Kier alpha value is -2.00. The van der Waals surface area contributed by atoms with E-state index in [-0.39, 0.29) is 24.2 Å². The van der Waals surface area contributed by atoms with Crippen LogP contribution < -0.4 is 4.90 Å². The Labute approximate surface area is 181 Å². The number of halogens is 3. The molecule has 0 radical (unpaired) electrons. The highest BCUT2D eigenvalue weighted by molar-refractivity contribution is 5.68. The van der Waals surface area contributed by atoms with E-state index in [2.05, 4.69) is 0 Å². The van der Waals surface area contributed by atoms with Gasteiger partial charge in [0.2, 0.25) is 0 Å². The van der Waals surface area contributed by atoms with Crippen LogP contribution in [0.15, 0.2) is 18.2 Å². The van der Waals surface area contributed by atoms with Gasteiger partial charge in [-0.1, -0.05) is 6.07 Å². The summed E-state index contributed by atoms with van der Waals surface area (Å²) in [5, 5.41) is 0. The van der Waals surface area contributed by atoms with E-state index >= 15 is 0 Å². The number of alkyl halides is 3. The van der Waals surface area contributed by atoms with Crippen molar-refractivity contribution >= 4 is 11.8 Å². The van der Waals surface area contributed by atoms with Gasteiger partial charge in [0, 0.05) is 51.0 Å². The first kappa shape index (κ1) is 23.7. The molecule has 0 saturated carbocycles. The molecule has 2 heterocycles. The Morgan fingerprint density at radius 3 is 2.39 bits per heavy atom. The number of nitrogens with zero attached hydrogens (tertiary/aromatic N) is 3. The molecule has 1 amide bonds. The molecule has 6 nitrogen and oxygen atoms in total. The summed E-state index contributed by atoms with van der Waals surface area (Å²) in [5.41, 5.74) is -0.360. The van der Waals surface area contributed by atoms with Crippen LogP contribution in [0, 0.1) is 0 Å². The fraction of sp³-hybridized carbons (Fsp3) is 0.682. The molecule has 2 aliphatic heterocycles. The van der Waals surface area contributed by atoms with Gasteiger partial charge in [0.25, 0.3) is 0 Å². The fourth-order valence-electron chi connectivity index (χ4n) is 3.99. The zero-order valence-corrected chi connectivity index (χ0v) is 18.7. The number of morpholine rings is 1. The van der Waals surface area contributed by atoms with Crippen LogP contribution in [0.5, 0.6) is 0 Å². The smallest absolute Gasteiger partial charge is 0.416 e. The molecule has 0 bridgehead atoms. The molecule has 0 N–H and O–H groups in total. The Morgan fingerprint density at radius 2 is 1.81 bits per heavy atom. The molecular formula is C22H32F3N3O3. The van der Waals surface area contributed by atoms with Gasteiger partial charge in [0.1, 0.15) is 5.60 Å². The van der Waals surface area contributed by atoms with E-state index in [0.717, 1.165) is 0 Å². The normalized spacial score (nSPS) is 21.3. The number of piperazine rings is 1. The Balaban J connectivity index is 1.70. The minimum atomic E-state index is -4.43. The summed E-state index contributed by atoms with van der Waals surface area (Å²) < 4.78 is 52.2. The molecule has 2 saturated heterocycles. The molecule has 31 heavy (non-hydrogen) atoms. The predicted molar refractivity (Wildman–Crippen MR) is 112 cm³/mol. The van der Waals surface area contributed by atoms with Gasteiger partial charge in [-0.3, -0.25) is 4.90 Å². The average Bonchev–Trinajstić information content (AvgIpc) is 2.67. The number of rotatable bonds is 3. The van der Waals surface area contributed by atoms with Crippen LogP contribution in [-0.2, 0) is 22.2 Å². The molecule has 9 heteroatoms. The summed E-state index contributed by atoms with van der Waals surface area (Å²) in [5.74, 6) is 0. The lowest BCUT2D eigenvalue weighted by Gasteiger charge is -2.40. The van der Waals surface area contributed by atoms with Crippen LogP contribution in [0.1, 0.15) is 38.8 Å². The number of hydrogen-bond donors (Lipinski definition) is 0. The first-order valence-electron chi connectivity index (χ1n) is 10.7. The lowest BCUT2D eigenvalue weighted by atomic mass is 10.0. The van der Waals surface area contributed by atoms with Gasteiger partial charge < -0.3 is 19.3 Å². The van der Waals surface area contributed by atoms with Gasteiger partial charge in [-0.2, -0.15) is 13.2 Å². The first-order valence-corrected chi connectivity index (χ1v) is 10.7.